The molecule has 1 N–H and O–H groups in total. The van der Waals surface area contributed by atoms with Gasteiger partial charge in [-0.3, -0.25) is 0 Å². The summed E-state index contributed by atoms with van der Waals surface area (Å²) in [5.74, 6) is -0.457. The molecule has 0 aliphatic heterocycles. The number of aliphatic hydroxyl groups excluding tert-OH is 1. The first-order chi connectivity index (χ1) is 8.58. The molecule has 0 bridgehead atoms. The molecule has 1 rings (SSSR count). The molecule has 0 spiro atoms. The number of aliphatic hydroxyl groups is 1. The van der Waals surface area contributed by atoms with Crippen LogP contribution in [0.4, 0.5) is 8.78 Å². The van der Waals surface area contributed by atoms with Crippen molar-refractivity contribution in [2.75, 3.05) is 0 Å². The molecule has 2 unspecified atom stereocenters. The molecule has 0 saturated carbocycles. The molecule has 0 fully saturated rings. The Hall–Kier alpha value is -1.67. The van der Waals surface area contributed by atoms with Gasteiger partial charge in [-0.15, -0.1) is 0 Å². The number of rotatable bonds is 6. The topological polar surface area (TPSA) is 53.2 Å². The zero-order valence-corrected chi connectivity index (χ0v) is 10.0. The third-order valence-electron chi connectivity index (χ3n) is 2.59. The highest BCUT2D eigenvalue weighted by atomic mass is 19.3. The number of ether oxygens (including phenoxy) is 1. The molecular formula is C13H15F2NO2. The third-order valence-corrected chi connectivity index (χ3v) is 2.59. The molecule has 3 nitrogen and oxygen atoms in total. The van der Waals surface area contributed by atoms with Gasteiger partial charge in [0, 0.05) is 0 Å². The van der Waals surface area contributed by atoms with Gasteiger partial charge in [0.15, 0.2) is 0 Å². The van der Waals surface area contributed by atoms with Crippen molar-refractivity contribution in [3.8, 4) is 11.8 Å². The second kappa shape index (κ2) is 6.92. The Morgan fingerprint density at radius 3 is 2.39 bits per heavy atom. The Morgan fingerprint density at radius 2 is 1.94 bits per heavy atom. The van der Waals surface area contributed by atoms with Gasteiger partial charge in [-0.2, -0.15) is 14.0 Å². The number of nitriles is 1. The first-order valence-electron chi connectivity index (χ1n) is 5.71. The van der Waals surface area contributed by atoms with Crippen molar-refractivity contribution in [3.05, 3.63) is 29.8 Å². The number of hydrogen-bond donors (Lipinski definition) is 1. The number of halogens is 2. The molecule has 0 aromatic heterocycles. The number of alkyl halides is 2. The van der Waals surface area contributed by atoms with Gasteiger partial charge >= 0.3 is 6.61 Å². The van der Waals surface area contributed by atoms with Gasteiger partial charge < -0.3 is 9.84 Å². The van der Waals surface area contributed by atoms with Gasteiger partial charge in [-0.25, -0.2) is 0 Å². The Balaban J connectivity index is 2.75. The van der Waals surface area contributed by atoms with Gasteiger partial charge in [0.1, 0.15) is 5.75 Å². The molecule has 1 aromatic rings. The maximum Gasteiger partial charge on any atom is 0.387 e. The van der Waals surface area contributed by atoms with Crippen LogP contribution in [-0.4, -0.2) is 11.7 Å². The third kappa shape index (κ3) is 3.97. The lowest BCUT2D eigenvalue weighted by atomic mass is 9.93. The highest BCUT2D eigenvalue weighted by Gasteiger charge is 2.19. The van der Waals surface area contributed by atoms with Crippen LogP contribution in [0, 0.1) is 17.2 Å². The van der Waals surface area contributed by atoms with Gasteiger partial charge in [0.25, 0.3) is 0 Å². The predicted octanol–water partition coefficient (Wildman–Crippen LogP) is 3.26. The number of nitrogens with zero attached hydrogens (tertiary/aromatic N) is 1. The zero-order chi connectivity index (χ0) is 13.5. The molecule has 2 atom stereocenters. The van der Waals surface area contributed by atoms with Crippen molar-refractivity contribution < 1.29 is 18.6 Å². The normalized spacial score (nSPS) is 14.0. The Morgan fingerprint density at radius 1 is 1.33 bits per heavy atom. The van der Waals surface area contributed by atoms with Crippen LogP contribution in [0.1, 0.15) is 31.4 Å². The van der Waals surface area contributed by atoms with E-state index >= 15 is 0 Å². The Labute approximate surface area is 105 Å². The molecule has 5 heteroatoms. The lowest BCUT2D eigenvalue weighted by molar-refractivity contribution is -0.0498. The molecule has 98 valence electrons. The molecule has 1 aromatic carbocycles. The minimum atomic E-state index is -2.87. The predicted molar refractivity (Wildman–Crippen MR) is 62.0 cm³/mol. The van der Waals surface area contributed by atoms with E-state index in [1.54, 1.807) is 0 Å². The second-order valence-electron chi connectivity index (χ2n) is 3.92. The van der Waals surface area contributed by atoms with E-state index in [4.69, 9.17) is 5.26 Å². The van der Waals surface area contributed by atoms with E-state index in [9.17, 15) is 13.9 Å². The van der Waals surface area contributed by atoms with Gasteiger partial charge in [0.05, 0.1) is 18.1 Å². The molecular weight excluding hydrogens is 240 g/mol. The first kappa shape index (κ1) is 14.4. The lowest BCUT2D eigenvalue weighted by Gasteiger charge is -2.16. The number of hydrogen-bond acceptors (Lipinski definition) is 3. The number of benzene rings is 1. The molecule has 0 amide bonds. The second-order valence-corrected chi connectivity index (χ2v) is 3.92. The summed E-state index contributed by atoms with van der Waals surface area (Å²) in [7, 11) is 0. The van der Waals surface area contributed by atoms with E-state index < -0.39 is 18.6 Å². The maximum atomic E-state index is 11.9. The summed E-state index contributed by atoms with van der Waals surface area (Å²) in [5.41, 5.74) is 0.525. The van der Waals surface area contributed by atoms with Crippen LogP contribution in [0.25, 0.3) is 0 Å². The molecule has 0 radical (unpaired) electrons. The zero-order valence-electron chi connectivity index (χ0n) is 10.0. The summed E-state index contributed by atoms with van der Waals surface area (Å²) in [4.78, 5) is 0. The van der Waals surface area contributed by atoms with E-state index in [2.05, 4.69) is 4.74 Å². The van der Waals surface area contributed by atoms with Crippen molar-refractivity contribution in [2.45, 2.75) is 32.5 Å². The highest BCUT2D eigenvalue weighted by molar-refractivity contribution is 5.29. The van der Waals surface area contributed by atoms with E-state index in [1.807, 2.05) is 13.0 Å². The van der Waals surface area contributed by atoms with Crippen molar-refractivity contribution in [2.24, 2.45) is 5.92 Å². The largest absolute Gasteiger partial charge is 0.435 e. The van der Waals surface area contributed by atoms with Gasteiger partial charge in [0.2, 0.25) is 0 Å². The van der Waals surface area contributed by atoms with Crippen molar-refractivity contribution in [1.29, 1.82) is 5.26 Å². The smallest absolute Gasteiger partial charge is 0.387 e. The minimum absolute atomic E-state index is 0.0324. The van der Waals surface area contributed by atoms with Crippen molar-refractivity contribution in [1.82, 2.24) is 0 Å². The minimum Gasteiger partial charge on any atom is -0.435 e. The van der Waals surface area contributed by atoms with Gasteiger partial charge in [-0.05, 0) is 24.1 Å². The van der Waals surface area contributed by atoms with Crippen LogP contribution in [-0.2, 0) is 0 Å². The van der Waals surface area contributed by atoms with E-state index in [0.717, 1.165) is 6.42 Å². The summed E-state index contributed by atoms with van der Waals surface area (Å²) >= 11 is 0. The van der Waals surface area contributed by atoms with E-state index in [-0.39, 0.29) is 5.75 Å². The fourth-order valence-corrected chi connectivity index (χ4v) is 1.68. The van der Waals surface area contributed by atoms with Crippen LogP contribution in [0.5, 0.6) is 5.75 Å². The Kier molecular flexibility index (Phi) is 5.53. The SMILES string of the molecule is CCCC(C#N)C(O)c1ccc(OC(F)F)cc1. The van der Waals surface area contributed by atoms with Crippen molar-refractivity contribution >= 4 is 0 Å². The summed E-state index contributed by atoms with van der Waals surface area (Å²) in [5, 5.41) is 18.9. The fraction of sp³-hybridized carbons (Fsp3) is 0.462. The highest BCUT2D eigenvalue weighted by Crippen LogP contribution is 2.27. The van der Waals surface area contributed by atoms with Crippen LogP contribution in [0.2, 0.25) is 0 Å². The average Bonchev–Trinajstić information content (AvgIpc) is 2.35. The van der Waals surface area contributed by atoms with Crippen LogP contribution >= 0.6 is 0 Å². The standard InChI is InChI=1S/C13H15F2NO2/c1-2-3-10(8-16)12(17)9-4-6-11(7-5-9)18-13(14)15/h4-7,10,12-13,17H,2-3H2,1H3. The summed E-state index contributed by atoms with van der Waals surface area (Å²) in [6.45, 7) is -0.941. The van der Waals surface area contributed by atoms with Crippen molar-refractivity contribution in [3.63, 3.8) is 0 Å². The van der Waals surface area contributed by atoms with Crippen LogP contribution in [0.15, 0.2) is 24.3 Å². The average molecular weight is 255 g/mol. The van der Waals surface area contributed by atoms with Gasteiger partial charge in [-0.1, -0.05) is 25.5 Å². The van der Waals surface area contributed by atoms with E-state index in [0.29, 0.717) is 12.0 Å². The summed E-state index contributed by atoms with van der Waals surface area (Å²) < 4.78 is 28.1. The molecule has 0 aliphatic rings. The first-order valence-corrected chi connectivity index (χ1v) is 5.71. The van der Waals surface area contributed by atoms with Crippen LogP contribution < -0.4 is 4.74 Å². The molecule has 0 aliphatic carbocycles. The lowest BCUT2D eigenvalue weighted by Crippen LogP contribution is -2.10. The molecule has 0 heterocycles. The maximum absolute atomic E-state index is 11.9. The summed E-state index contributed by atoms with van der Waals surface area (Å²) in [6, 6.07) is 7.73. The monoisotopic (exact) mass is 255 g/mol. The fourth-order valence-electron chi connectivity index (χ4n) is 1.68. The Bertz CT molecular complexity index is 400. The van der Waals surface area contributed by atoms with E-state index in [1.165, 1.54) is 24.3 Å². The van der Waals surface area contributed by atoms with Crippen LogP contribution in [0.3, 0.4) is 0 Å². The molecule has 18 heavy (non-hydrogen) atoms. The quantitative estimate of drug-likeness (QED) is 0.848. The molecule has 0 saturated heterocycles. The summed E-state index contributed by atoms with van der Waals surface area (Å²) in [6.07, 6.45) is 0.477.